The zero-order valence-electron chi connectivity index (χ0n) is 71.8. The first-order valence-electron chi connectivity index (χ1n) is 49.0. The fourth-order valence-electron chi connectivity index (χ4n) is 16.9. The first kappa shape index (κ1) is 102. The van der Waals surface area contributed by atoms with Crippen molar-refractivity contribution in [1.82, 2.24) is 0 Å². The SMILES string of the molecule is CC(=O)[O-].CCCCCCCCCCCCCCCCCCCCCCCC[N+](CCCCCCCCCCCCCCCCCCCCCCCC)(CCCCCCCCCCCCCCCCCCCCCCCC)CCCCCCCCCCCCCCCCCCCCCCCC. The monoisotopic (exact) mass is 1420 g/mol. The van der Waals surface area contributed by atoms with E-state index in [1.807, 2.05) is 0 Å². The van der Waals surface area contributed by atoms with Crippen LogP contribution in [0.3, 0.4) is 0 Å². The molecule has 0 fully saturated rings. The molecule has 3 heteroatoms. The Labute approximate surface area is 642 Å². The van der Waals surface area contributed by atoms with E-state index in [9.17, 15) is 0 Å². The summed E-state index contributed by atoms with van der Waals surface area (Å²) in [6.45, 7) is 16.3. The first-order valence-corrected chi connectivity index (χ1v) is 49.0. The molecule has 0 aliphatic rings. The quantitative estimate of drug-likeness (QED) is 0.0450. The Morgan fingerprint density at radius 1 is 0.149 bits per heavy atom. The lowest BCUT2D eigenvalue weighted by Gasteiger charge is -2.40. The van der Waals surface area contributed by atoms with E-state index in [1.165, 1.54) is 596 Å². The van der Waals surface area contributed by atoms with Crippen LogP contribution in [0.2, 0.25) is 0 Å². The van der Waals surface area contributed by atoms with E-state index in [1.54, 1.807) is 0 Å². The Morgan fingerprint density at radius 2 is 0.208 bits per heavy atom. The molecule has 0 aromatic rings. The molecule has 0 spiro atoms. The van der Waals surface area contributed by atoms with Crippen molar-refractivity contribution in [2.75, 3.05) is 26.2 Å². The van der Waals surface area contributed by atoms with Gasteiger partial charge in [-0.05, 0) is 58.3 Å². The molecule has 608 valence electrons. The van der Waals surface area contributed by atoms with Gasteiger partial charge < -0.3 is 14.4 Å². The summed E-state index contributed by atoms with van der Waals surface area (Å²) in [6, 6.07) is 0. The van der Waals surface area contributed by atoms with Crippen LogP contribution >= 0.6 is 0 Å². The second kappa shape index (κ2) is 95.5. The molecule has 0 aromatic carbocycles. The smallest absolute Gasteiger partial charge is 0.0786 e. The fourth-order valence-corrected chi connectivity index (χ4v) is 16.9. The van der Waals surface area contributed by atoms with Gasteiger partial charge in [0.1, 0.15) is 0 Å². The van der Waals surface area contributed by atoms with Gasteiger partial charge in [0, 0.05) is 5.97 Å². The molecule has 0 N–H and O–H groups in total. The molecule has 0 aliphatic carbocycles. The maximum atomic E-state index is 8.89. The normalized spacial score (nSPS) is 11.8. The van der Waals surface area contributed by atoms with Crippen LogP contribution in [0.5, 0.6) is 0 Å². The summed E-state index contributed by atoms with van der Waals surface area (Å²) in [5.74, 6) is -1.08. The highest BCUT2D eigenvalue weighted by Gasteiger charge is 2.26. The lowest BCUT2D eigenvalue weighted by Crippen LogP contribution is -2.50. The van der Waals surface area contributed by atoms with E-state index >= 15 is 0 Å². The molecule has 0 saturated carbocycles. The molecule has 3 nitrogen and oxygen atoms in total. The molecule has 0 amide bonds. The van der Waals surface area contributed by atoms with E-state index in [0.29, 0.717) is 0 Å². The topological polar surface area (TPSA) is 40.1 Å². The average molecular weight is 1420 g/mol. The first-order chi connectivity index (χ1) is 50.0. The fraction of sp³-hybridized carbons (Fsp3) is 0.990. The Bertz CT molecular complexity index is 1210. The zero-order valence-corrected chi connectivity index (χ0v) is 71.8. The highest BCUT2D eigenvalue weighted by molar-refractivity contribution is 5.60. The molecule has 0 aromatic heterocycles. The number of hydrogen-bond donors (Lipinski definition) is 0. The van der Waals surface area contributed by atoms with Crippen molar-refractivity contribution in [1.29, 1.82) is 0 Å². The summed E-state index contributed by atoms with van der Waals surface area (Å²) in [4.78, 5) is 8.89. The number of aliphatic carboxylic acids is 1. The minimum atomic E-state index is -1.08. The van der Waals surface area contributed by atoms with Crippen molar-refractivity contribution in [2.45, 2.75) is 600 Å². The van der Waals surface area contributed by atoms with E-state index in [4.69, 9.17) is 9.90 Å². The summed E-state index contributed by atoms with van der Waals surface area (Å²) in [7, 11) is 0. The van der Waals surface area contributed by atoms with Crippen LogP contribution in [0.25, 0.3) is 0 Å². The summed E-state index contributed by atoms with van der Waals surface area (Å²) in [5.41, 5.74) is 0. The van der Waals surface area contributed by atoms with E-state index < -0.39 is 5.97 Å². The minimum Gasteiger partial charge on any atom is -0.550 e. The molecule has 0 rings (SSSR count). The molecule has 0 bridgehead atoms. The summed E-state index contributed by atoms with van der Waals surface area (Å²) in [6.07, 6.45) is 131. The van der Waals surface area contributed by atoms with Crippen molar-refractivity contribution >= 4 is 5.97 Å². The predicted molar refractivity (Wildman–Crippen MR) is 459 cm³/mol. The number of carbonyl (C=O) groups excluding carboxylic acids is 1. The third-order valence-corrected chi connectivity index (χ3v) is 23.9. The number of quaternary nitrogens is 1. The summed E-state index contributed by atoms with van der Waals surface area (Å²) < 4.78 is 1.50. The number of carboxylic acids is 1. The highest BCUT2D eigenvalue weighted by atomic mass is 16.4. The van der Waals surface area contributed by atoms with Crippen molar-refractivity contribution < 1.29 is 14.4 Å². The average Bonchev–Trinajstić information content (AvgIpc) is 0.917. The molecule has 0 heterocycles. The Kier molecular flexibility index (Phi) is 96.9. The van der Waals surface area contributed by atoms with E-state index in [0.717, 1.165) is 6.92 Å². The lowest BCUT2D eigenvalue weighted by molar-refractivity contribution is -0.929. The Balaban J connectivity index is 0. The van der Waals surface area contributed by atoms with Gasteiger partial charge in [-0.3, -0.25) is 0 Å². The van der Waals surface area contributed by atoms with Gasteiger partial charge in [-0.2, -0.15) is 0 Å². The molecule has 0 atom stereocenters. The minimum absolute atomic E-state index is 0.972. The van der Waals surface area contributed by atoms with Gasteiger partial charge in [0.15, 0.2) is 0 Å². The second-order valence-corrected chi connectivity index (χ2v) is 34.4. The molecular formula is C98H199NO2. The van der Waals surface area contributed by atoms with Gasteiger partial charge in [-0.15, -0.1) is 0 Å². The van der Waals surface area contributed by atoms with Crippen molar-refractivity contribution in [3.05, 3.63) is 0 Å². The molecule has 0 saturated heterocycles. The van der Waals surface area contributed by atoms with Gasteiger partial charge in [-0.1, -0.05) is 541 Å². The maximum Gasteiger partial charge on any atom is 0.0786 e. The maximum absolute atomic E-state index is 8.89. The molecule has 0 unspecified atom stereocenters. The predicted octanol–water partition coefficient (Wildman–Crippen LogP) is 35.0. The van der Waals surface area contributed by atoms with Gasteiger partial charge >= 0.3 is 0 Å². The molecule has 101 heavy (non-hydrogen) atoms. The largest absolute Gasteiger partial charge is 0.550 e. The summed E-state index contributed by atoms with van der Waals surface area (Å²) in [5, 5.41) is 8.89. The molecular weight excluding hydrogens is 1220 g/mol. The second-order valence-electron chi connectivity index (χ2n) is 34.4. The third-order valence-electron chi connectivity index (χ3n) is 23.9. The van der Waals surface area contributed by atoms with Crippen LogP contribution in [-0.4, -0.2) is 36.6 Å². The molecule has 0 radical (unpaired) electrons. The van der Waals surface area contributed by atoms with Crippen molar-refractivity contribution in [2.24, 2.45) is 0 Å². The number of rotatable bonds is 92. The van der Waals surface area contributed by atoms with Gasteiger partial charge in [0.25, 0.3) is 0 Å². The number of carboxylic acid groups (broad SMARTS) is 1. The van der Waals surface area contributed by atoms with Crippen LogP contribution in [0, 0.1) is 0 Å². The van der Waals surface area contributed by atoms with Crippen LogP contribution in [0.15, 0.2) is 0 Å². The van der Waals surface area contributed by atoms with Crippen LogP contribution in [-0.2, 0) is 4.79 Å². The number of unbranched alkanes of at least 4 members (excludes halogenated alkanes) is 84. The number of nitrogens with zero attached hydrogens (tertiary/aromatic N) is 1. The van der Waals surface area contributed by atoms with Gasteiger partial charge in [0.05, 0.1) is 26.2 Å². The Hall–Kier alpha value is -0.570. The van der Waals surface area contributed by atoms with Crippen LogP contribution in [0.4, 0.5) is 0 Å². The Morgan fingerprint density at radius 3 is 0.277 bits per heavy atom. The number of hydrogen-bond acceptors (Lipinski definition) is 2. The van der Waals surface area contributed by atoms with Crippen molar-refractivity contribution in [3.8, 4) is 0 Å². The molecule has 0 aliphatic heterocycles. The zero-order chi connectivity index (χ0) is 73.1. The van der Waals surface area contributed by atoms with Crippen LogP contribution < -0.4 is 5.11 Å². The van der Waals surface area contributed by atoms with E-state index in [2.05, 4.69) is 27.7 Å². The van der Waals surface area contributed by atoms with Gasteiger partial charge in [0.2, 0.25) is 0 Å². The van der Waals surface area contributed by atoms with Crippen molar-refractivity contribution in [3.63, 3.8) is 0 Å². The highest BCUT2D eigenvalue weighted by Crippen LogP contribution is 2.25. The summed E-state index contributed by atoms with van der Waals surface area (Å²) >= 11 is 0. The van der Waals surface area contributed by atoms with E-state index in [-0.39, 0.29) is 0 Å². The lowest BCUT2D eigenvalue weighted by atomic mass is 10.0. The van der Waals surface area contributed by atoms with Crippen LogP contribution in [0.1, 0.15) is 600 Å². The third kappa shape index (κ3) is 95.5. The van der Waals surface area contributed by atoms with Gasteiger partial charge in [-0.25, -0.2) is 0 Å². The number of carbonyl (C=O) groups is 1. The standard InChI is InChI=1S/C96H196N.C2H4O2/c1-5-9-13-17-21-25-29-33-37-41-45-49-53-57-61-65-69-73-77-81-85-89-93-97(94-90-86-82-78-74-70-66-62-58-54-50-46-42-38-34-30-26-22-18-14-10-6-2,95-91-87-83-79-75-71-67-63-59-55-51-47-43-39-35-31-27-23-19-15-11-7-3)96-92-88-84-80-76-72-68-64-60-56-52-48-44-40-36-32-28-24-20-16-12-8-4;1-2(3)4/h5-96H2,1-4H3;1H3,(H,3,4)/q+1;/p-1.